The summed E-state index contributed by atoms with van der Waals surface area (Å²) in [5.41, 5.74) is 1.98. The van der Waals surface area contributed by atoms with Gasteiger partial charge in [0.25, 0.3) is 5.91 Å². The van der Waals surface area contributed by atoms with Gasteiger partial charge in [0.1, 0.15) is 0 Å². The summed E-state index contributed by atoms with van der Waals surface area (Å²) in [6.07, 6.45) is 4.85. The number of hydrogen-bond donors (Lipinski definition) is 0. The monoisotopic (exact) mass is 356 g/mol. The number of rotatable bonds is 3. The highest BCUT2D eigenvalue weighted by Gasteiger charge is 2.46. The molecule has 5 heteroatoms. The molecule has 5 nitrogen and oxygen atoms in total. The van der Waals surface area contributed by atoms with Gasteiger partial charge in [0.2, 0.25) is 5.91 Å². The van der Waals surface area contributed by atoms with Crippen molar-refractivity contribution < 1.29 is 14.3 Å². The largest absolute Gasteiger partial charge is 0.376 e. The molecule has 3 fully saturated rings. The first kappa shape index (κ1) is 17.5. The van der Waals surface area contributed by atoms with E-state index in [2.05, 4.69) is 0 Å². The SMILES string of the molecule is Cc1ccc(C(=O)N2CCC3(CC2)CC(=O)N(C[C@@H]2CCCO2)C3)cc1. The van der Waals surface area contributed by atoms with Crippen molar-refractivity contribution >= 4 is 11.8 Å². The number of likely N-dealkylation sites (tertiary alicyclic amines) is 2. The molecular weight excluding hydrogens is 328 g/mol. The van der Waals surface area contributed by atoms with Gasteiger partial charge in [-0.3, -0.25) is 9.59 Å². The van der Waals surface area contributed by atoms with Crippen LogP contribution in [0.3, 0.4) is 0 Å². The fourth-order valence-electron chi connectivity index (χ4n) is 4.58. The van der Waals surface area contributed by atoms with Crippen molar-refractivity contribution in [3.63, 3.8) is 0 Å². The third-order valence-electron chi connectivity index (χ3n) is 6.26. The number of ether oxygens (including phenoxy) is 1. The molecule has 1 atom stereocenters. The lowest BCUT2D eigenvalue weighted by Crippen LogP contribution is -2.44. The zero-order chi connectivity index (χ0) is 18.1. The number of hydrogen-bond acceptors (Lipinski definition) is 3. The minimum absolute atomic E-state index is 0.0553. The third kappa shape index (κ3) is 3.50. The summed E-state index contributed by atoms with van der Waals surface area (Å²) in [5, 5.41) is 0. The first-order valence-corrected chi connectivity index (χ1v) is 9.80. The van der Waals surface area contributed by atoms with E-state index in [4.69, 9.17) is 4.74 Å². The number of carbonyl (C=O) groups is 2. The average Bonchev–Trinajstić information content (AvgIpc) is 3.25. The molecule has 3 heterocycles. The summed E-state index contributed by atoms with van der Waals surface area (Å²) in [7, 11) is 0. The van der Waals surface area contributed by atoms with Crippen molar-refractivity contribution in [1.29, 1.82) is 0 Å². The summed E-state index contributed by atoms with van der Waals surface area (Å²) in [4.78, 5) is 29.2. The van der Waals surface area contributed by atoms with Gasteiger partial charge in [-0.05, 0) is 44.7 Å². The Balaban J connectivity index is 1.34. The Morgan fingerprint density at radius 2 is 1.96 bits per heavy atom. The lowest BCUT2D eigenvalue weighted by atomic mass is 9.77. The van der Waals surface area contributed by atoms with Gasteiger partial charge in [-0.2, -0.15) is 0 Å². The number of amides is 2. The Kier molecular flexibility index (Phi) is 4.74. The van der Waals surface area contributed by atoms with Crippen LogP contribution in [0, 0.1) is 12.3 Å². The topological polar surface area (TPSA) is 49.9 Å². The highest BCUT2D eigenvalue weighted by atomic mass is 16.5. The summed E-state index contributed by atoms with van der Waals surface area (Å²) in [6.45, 7) is 5.92. The molecular formula is C21H28N2O3. The molecule has 3 saturated heterocycles. The van der Waals surface area contributed by atoms with E-state index in [1.165, 1.54) is 0 Å². The molecule has 0 unspecified atom stereocenters. The maximum atomic E-state index is 12.7. The van der Waals surface area contributed by atoms with E-state index < -0.39 is 0 Å². The van der Waals surface area contributed by atoms with E-state index in [1.54, 1.807) is 0 Å². The van der Waals surface area contributed by atoms with Gasteiger partial charge in [-0.1, -0.05) is 17.7 Å². The van der Waals surface area contributed by atoms with Crippen molar-refractivity contribution in [2.75, 3.05) is 32.8 Å². The van der Waals surface area contributed by atoms with Crippen LogP contribution in [0.4, 0.5) is 0 Å². The molecule has 0 N–H and O–H groups in total. The number of aryl methyl sites for hydroxylation is 1. The fraction of sp³-hybridized carbons (Fsp3) is 0.619. The molecule has 140 valence electrons. The fourth-order valence-corrected chi connectivity index (χ4v) is 4.58. The quantitative estimate of drug-likeness (QED) is 0.837. The van der Waals surface area contributed by atoms with Crippen LogP contribution in [-0.4, -0.2) is 60.5 Å². The highest BCUT2D eigenvalue weighted by Crippen LogP contribution is 2.41. The van der Waals surface area contributed by atoms with Gasteiger partial charge < -0.3 is 14.5 Å². The van der Waals surface area contributed by atoms with Crippen LogP contribution in [0.2, 0.25) is 0 Å². The molecule has 1 aromatic carbocycles. The van der Waals surface area contributed by atoms with E-state index >= 15 is 0 Å². The second-order valence-corrected chi connectivity index (χ2v) is 8.24. The van der Waals surface area contributed by atoms with Crippen molar-refractivity contribution in [1.82, 2.24) is 9.80 Å². The second kappa shape index (κ2) is 7.03. The van der Waals surface area contributed by atoms with E-state index in [-0.39, 0.29) is 23.3 Å². The maximum absolute atomic E-state index is 12.7. The van der Waals surface area contributed by atoms with Crippen molar-refractivity contribution in [3.8, 4) is 0 Å². The van der Waals surface area contributed by atoms with Crippen LogP contribution < -0.4 is 0 Å². The Bertz CT molecular complexity index is 671. The predicted molar refractivity (Wildman–Crippen MR) is 98.9 cm³/mol. The Hall–Kier alpha value is -1.88. The summed E-state index contributed by atoms with van der Waals surface area (Å²) >= 11 is 0. The summed E-state index contributed by atoms with van der Waals surface area (Å²) in [6, 6.07) is 7.78. The van der Waals surface area contributed by atoms with Crippen molar-refractivity contribution in [2.24, 2.45) is 5.41 Å². The Morgan fingerprint density at radius 3 is 2.62 bits per heavy atom. The van der Waals surface area contributed by atoms with Crippen LogP contribution >= 0.6 is 0 Å². The average molecular weight is 356 g/mol. The first-order chi connectivity index (χ1) is 12.5. The van der Waals surface area contributed by atoms with Crippen LogP contribution in [-0.2, 0) is 9.53 Å². The molecule has 0 aromatic heterocycles. The first-order valence-electron chi connectivity index (χ1n) is 9.80. The van der Waals surface area contributed by atoms with Gasteiger partial charge in [-0.15, -0.1) is 0 Å². The van der Waals surface area contributed by atoms with Crippen LogP contribution in [0.15, 0.2) is 24.3 Å². The molecule has 0 bridgehead atoms. The van der Waals surface area contributed by atoms with Gasteiger partial charge >= 0.3 is 0 Å². The summed E-state index contributed by atoms with van der Waals surface area (Å²) < 4.78 is 5.70. The Morgan fingerprint density at radius 1 is 1.23 bits per heavy atom. The highest BCUT2D eigenvalue weighted by molar-refractivity contribution is 5.94. The lowest BCUT2D eigenvalue weighted by molar-refractivity contribution is -0.129. The second-order valence-electron chi connectivity index (χ2n) is 8.24. The molecule has 3 aliphatic heterocycles. The predicted octanol–water partition coefficient (Wildman–Crippen LogP) is 2.63. The lowest BCUT2D eigenvalue weighted by Gasteiger charge is -2.39. The van der Waals surface area contributed by atoms with Gasteiger partial charge in [0, 0.05) is 50.2 Å². The number of benzene rings is 1. The van der Waals surface area contributed by atoms with Crippen LogP contribution in [0.25, 0.3) is 0 Å². The molecule has 1 aromatic rings. The standard InChI is InChI=1S/C21H28N2O3/c1-16-4-6-17(7-5-16)20(25)22-10-8-21(9-11-22)13-19(24)23(15-21)14-18-3-2-12-26-18/h4-7,18H,2-3,8-15H2,1H3/t18-/m0/s1. The summed E-state index contributed by atoms with van der Waals surface area (Å²) in [5.74, 6) is 0.374. The molecule has 0 saturated carbocycles. The molecule has 4 rings (SSSR count). The van der Waals surface area contributed by atoms with Crippen molar-refractivity contribution in [3.05, 3.63) is 35.4 Å². The van der Waals surface area contributed by atoms with Gasteiger partial charge in [-0.25, -0.2) is 0 Å². The zero-order valence-corrected chi connectivity index (χ0v) is 15.6. The number of nitrogens with zero attached hydrogens (tertiary/aromatic N) is 2. The molecule has 3 aliphatic rings. The van der Waals surface area contributed by atoms with Gasteiger partial charge in [0.05, 0.1) is 6.10 Å². The molecule has 2 amide bonds. The maximum Gasteiger partial charge on any atom is 0.253 e. The van der Waals surface area contributed by atoms with Crippen LogP contribution in [0.5, 0.6) is 0 Å². The number of carbonyl (C=O) groups excluding carboxylic acids is 2. The Labute approximate surface area is 155 Å². The number of piperidine rings is 1. The minimum atomic E-state index is 0.0553. The molecule has 26 heavy (non-hydrogen) atoms. The normalized spacial score (nSPS) is 25.3. The zero-order valence-electron chi connectivity index (χ0n) is 15.6. The van der Waals surface area contributed by atoms with Gasteiger partial charge in [0.15, 0.2) is 0 Å². The minimum Gasteiger partial charge on any atom is -0.376 e. The van der Waals surface area contributed by atoms with E-state index in [0.717, 1.165) is 69.6 Å². The van der Waals surface area contributed by atoms with E-state index in [1.807, 2.05) is 41.0 Å². The van der Waals surface area contributed by atoms with Crippen molar-refractivity contribution in [2.45, 2.75) is 45.1 Å². The van der Waals surface area contributed by atoms with E-state index in [9.17, 15) is 9.59 Å². The molecule has 0 aliphatic carbocycles. The molecule has 1 spiro atoms. The van der Waals surface area contributed by atoms with Crippen LogP contribution in [0.1, 0.15) is 48.0 Å². The van der Waals surface area contributed by atoms with E-state index in [0.29, 0.717) is 6.42 Å². The third-order valence-corrected chi connectivity index (χ3v) is 6.26. The smallest absolute Gasteiger partial charge is 0.253 e. The molecule has 0 radical (unpaired) electrons.